The first-order chi connectivity index (χ1) is 7.98. The van der Waals surface area contributed by atoms with Gasteiger partial charge in [-0.3, -0.25) is 4.79 Å². The highest BCUT2D eigenvalue weighted by molar-refractivity contribution is 8.00. The van der Waals surface area contributed by atoms with Gasteiger partial charge in [-0.1, -0.05) is 6.42 Å². The van der Waals surface area contributed by atoms with Gasteiger partial charge in [0.1, 0.15) is 5.78 Å². The van der Waals surface area contributed by atoms with Gasteiger partial charge in [0, 0.05) is 5.92 Å². The monoisotopic (exact) mass is 266 g/mol. The Balaban J connectivity index is 1.94. The summed E-state index contributed by atoms with van der Waals surface area (Å²) in [6.45, 7) is 0. The number of Topliss-reactive ketones (excluding diaryl/α,β-unsaturated/α-hetero) is 1. The molecule has 98 valence electrons. The maximum atomic E-state index is 12.6. The lowest BCUT2D eigenvalue weighted by Gasteiger charge is -2.30. The first kappa shape index (κ1) is 13.2. The number of carbonyl (C=O) groups excluding carboxylic acids is 1. The van der Waals surface area contributed by atoms with E-state index < -0.39 is 12.1 Å². The average molecular weight is 266 g/mol. The third kappa shape index (κ3) is 3.18. The molecular weight excluding hydrogens is 249 g/mol. The Morgan fingerprint density at radius 3 is 2.47 bits per heavy atom. The van der Waals surface area contributed by atoms with Crippen molar-refractivity contribution in [1.82, 2.24) is 0 Å². The molecule has 0 radical (unpaired) electrons. The molecule has 0 spiro atoms. The van der Waals surface area contributed by atoms with Gasteiger partial charge in [0.05, 0.1) is 11.2 Å². The van der Waals surface area contributed by atoms with E-state index in [9.17, 15) is 18.0 Å². The zero-order chi connectivity index (χ0) is 12.5. The Morgan fingerprint density at radius 1 is 1.12 bits per heavy atom. The fourth-order valence-electron chi connectivity index (χ4n) is 2.81. The Bertz CT molecular complexity index is 284. The molecule has 2 rings (SSSR count). The lowest BCUT2D eigenvalue weighted by atomic mass is 9.78. The number of alkyl halides is 3. The molecule has 0 bridgehead atoms. The summed E-state index contributed by atoms with van der Waals surface area (Å²) in [4.78, 5) is 12.1. The Labute approximate surface area is 104 Å². The standard InChI is InChI=1S/C12H17F3OS/c13-12(14,15)9-4-1-3-8(7-9)11(16)10-5-2-6-17-10/h8-10H,1-7H2. The minimum absolute atomic E-state index is 0.0213. The molecule has 0 aromatic carbocycles. The van der Waals surface area contributed by atoms with Crippen molar-refractivity contribution in [2.75, 3.05) is 5.75 Å². The molecule has 2 fully saturated rings. The van der Waals surface area contributed by atoms with Gasteiger partial charge in [-0.2, -0.15) is 24.9 Å². The van der Waals surface area contributed by atoms with Gasteiger partial charge in [0.2, 0.25) is 0 Å². The second-order valence-electron chi connectivity index (χ2n) is 5.01. The summed E-state index contributed by atoms with van der Waals surface area (Å²) >= 11 is 1.62. The van der Waals surface area contributed by atoms with Crippen molar-refractivity contribution in [3.05, 3.63) is 0 Å². The molecule has 1 saturated carbocycles. The summed E-state index contributed by atoms with van der Waals surface area (Å²) < 4.78 is 37.9. The van der Waals surface area contributed by atoms with Gasteiger partial charge in [-0.25, -0.2) is 0 Å². The van der Waals surface area contributed by atoms with Crippen molar-refractivity contribution in [1.29, 1.82) is 0 Å². The molecule has 0 N–H and O–H groups in total. The molecule has 1 aliphatic carbocycles. The summed E-state index contributed by atoms with van der Waals surface area (Å²) in [6, 6.07) is 0. The lowest BCUT2D eigenvalue weighted by molar-refractivity contribution is -0.186. The Hall–Kier alpha value is -0.190. The van der Waals surface area contributed by atoms with Gasteiger partial charge in [0.25, 0.3) is 0 Å². The third-order valence-corrected chi connectivity index (χ3v) is 5.18. The van der Waals surface area contributed by atoms with Crippen LogP contribution in [0.25, 0.3) is 0 Å². The average Bonchev–Trinajstić information content (AvgIpc) is 2.80. The lowest BCUT2D eigenvalue weighted by Crippen LogP contribution is -2.34. The molecule has 5 heteroatoms. The first-order valence-electron chi connectivity index (χ1n) is 6.20. The van der Waals surface area contributed by atoms with Crippen LogP contribution in [0.5, 0.6) is 0 Å². The predicted octanol–water partition coefficient (Wildman–Crippen LogP) is 3.82. The molecule has 1 aliphatic heterocycles. The van der Waals surface area contributed by atoms with Gasteiger partial charge in [-0.15, -0.1) is 0 Å². The molecule has 1 saturated heterocycles. The number of halogens is 3. The van der Waals surface area contributed by atoms with E-state index in [1.807, 2.05) is 0 Å². The molecular formula is C12H17F3OS. The van der Waals surface area contributed by atoms with Crippen LogP contribution in [-0.4, -0.2) is 23.0 Å². The molecule has 2 aliphatic rings. The zero-order valence-electron chi connectivity index (χ0n) is 9.63. The van der Waals surface area contributed by atoms with Gasteiger partial charge < -0.3 is 0 Å². The predicted molar refractivity (Wildman–Crippen MR) is 62.0 cm³/mol. The van der Waals surface area contributed by atoms with Crippen LogP contribution < -0.4 is 0 Å². The van der Waals surface area contributed by atoms with Crippen LogP contribution in [0.2, 0.25) is 0 Å². The SMILES string of the molecule is O=C(C1CCCC(C(F)(F)F)C1)C1CCCS1. The van der Waals surface area contributed by atoms with E-state index in [1.54, 1.807) is 11.8 Å². The summed E-state index contributed by atoms with van der Waals surface area (Å²) in [6.07, 6.45) is -0.820. The van der Waals surface area contributed by atoms with Crippen LogP contribution >= 0.6 is 11.8 Å². The number of hydrogen-bond donors (Lipinski definition) is 0. The summed E-state index contributed by atoms with van der Waals surface area (Å²) in [5, 5.41) is -0.0213. The smallest absolute Gasteiger partial charge is 0.298 e. The number of hydrogen-bond acceptors (Lipinski definition) is 2. The van der Waals surface area contributed by atoms with Crippen LogP contribution in [0.15, 0.2) is 0 Å². The van der Waals surface area contributed by atoms with E-state index in [2.05, 4.69) is 0 Å². The molecule has 0 amide bonds. The van der Waals surface area contributed by atoms with E-state index in [1.165, 1.54) is 0 Å². The molecule has 3 atom stereocenters. The normalized spacial score (nSPS) is 34.9. The fourth-order valence-corrected chi connectivity index (χ4v) is 4.12. The van der Waals surface area contributed by atoms with Gasteiger partial charge in [-0.05, 0) is 37.9 Å². The highest BCUT2D eigenvalue weighted by atomic mass is 32.2. The maximum Gasteiger partial charge on any atom is 0.391 e. The topological polar surface area (TPSA) is 17.1 Å². The van der Waals surface area contributed by atoms with E-state index in [-0.39, 0.29) is 29.8 Å². The van der Waals surface area contributed by atoms with Crippen LogP contribution in [0.4, 0.5) is 13.2 Å². The summed E-state index contributed by atoms with van der Waals surface area (Å²) in [5.41, 5.74) is 0. The minimum Gasteiger partial charge on any atom is -0.298 e. The van der Waals surface area contributed by atoms with E-state index in [0.717, 1.165) is 18.6 Å². The molecule has 1 heterocycles. The van der Waals surface area contributed by atoms with E-state index in [0.29, 0.717) is 12.8 Å². The Kier molecular flexibility index (Phi) is 4.06. The van der Waals surface area contributed by atoms with Crippen molar-refractivity contribution in [3.8, 4) is 0 Å². The third-order valence-electron chi connectivity index (χ3n) is 3.79. The number of carbonyl (C=O) groups is 1. The molecule has 1 nitrogen and oxygen atoms in total. The van der Waals surface area contributed by atoms with Crippen molar-refractivity contribution in [2.45, 2.75) is 50.0 Å². The van der Waals surface area contributed by atoms with Crippen LogP contribution in [0, 0.1) is 11.8 Å². The minimum atomic E-state index is -4.12. The Morgan fingerprint density at radius 2 is 1.88 bits per heavy atom. The van der Waals surface area contributed by atoms with Crippen LogP contribution in [-0.2, 0) is 4.79 Å². The zero-order valence-corrected chi connectivity index (χ0v) is 10.4. The summed E-state index contributed by atoms with van der Waals surface area (Å²) in [7, 11) is 0. The summed E-state index contributed by atoms with van der Waals surface area (Å²) in [5.74, 6) is -0.532. The highest BCUT2D eigenvalue weighted by Crippen LogP contribution is 2.42. The van der Waals surface area contributed by atoms with Crippen molar-refractivity contribution < 1.29 is 18.0 Å². The van der Waals surface area contributed by atoms with Crippen molar-refractivity contribution in [3.63, 3.8) is 0 Å². The molecule has 0 aromatic rings. The van der Waals surface area contributed by atoms with Crippen LogP contribution in [0.3, 0.4) is 0 Å². The number of rotatable bonds is 2. The van der Waals surface area contributed by atoms with Crippen molar-refractivity contribution in [2.24, 2.45) is 11.8 Å². The second kappa shape index (κ2) is 5.21. The number of ketones is 1. The van der Waals surface area contributed by atoms with Gasteiger partial charge in [0.15, 0.2) is 0 Å². The quantitative estimate of drug-likeness (QED) is 0.755. The maximum absolute atomic E-state index is 12.6. The highest BCUT2D eigenvalue weighted by Gasteiger charge is 2.44. The second-order valence-corrected chi connectivity index (χ2v) is 6.32. The van der Waals surface area contributed by atoms with E-state index in [4.69, 9.17) is 0 Å². The molecule has 3 unspecified atom stereocenters. The molecule has 17 heavy (non-hydrogen) atoms. The fraction of sp³-hybridized carbons (Fsp3) is 0.917. The largest absolute Gasteiger partial charge is 0.391 e. The van der Waals surface area contributed by atoms with E-state index >= 15 is 0 Å². The van der Waals surface area contributed by atoms with Crippen molar-refractivity contribution >= 4 is 17.5 Å². The first-order valence-corrected chi connectivity index (χ1v) is 7.25. The van der Waals surface area contributed by atoms with Gasteiger partial charge >= 0.3 is 6.18 Å². The van der Waals surface area contributed by atoms with Crippen LogP contribution in [0.1, 0.15) is 38.5 Å². The number of thioether (sulfide) groups is 1. The molecule has 0 aromatic heterocycles.